The number of aromatic nitrogens is 1. The number of ether oxygens (including phenoxy) is 1. The summed E-state index contributed by atoms with van der Waals surface area (Å²) in [5.41, 5.74) is 0. The number of hydrogen-bond acceptors (Lipinski definition) is 3. The third-order valence-corrected chi connectivity index (χ3v) is 1.58. The van der Waals surface area contributed by atoms with Crippen LogP contribution in [0.15, 0.2) is 12.1 Å². The molecule has 0 aliphatic rings. The molecule has 1 aromatic rings. The first-order valence-electron chi connectivity index (χ1n) is 3.28. The molecular formula is C7H11NO3. The Balaban J connectivity index is 3.00. The molecule has 4 nitrogen and oxygen atoms in total. The zero-order valence-corrected chi connectivity index (χ0v) is 6.48. The predicted molar refractivity (Wildman–Crippen MR) is 39.5 cm³/mol. The third-order valence-electron chi connectivity index (χ3n) is 1.58. The monoisotopic (exact) mass is 157 g/mol. The van der Waals surface area contributed by atoms with Gasteiger partial charge >= 0.3 is 0 Å². The van der Waals surface area contributed by atoms with Gasteiger partial charge in [-0.05, 0) is 6.92 Å². The minimum atomic E-state index is -0.356. The predicted octanol–water partition coefficient (Wildman–Crippen LogP) is 1.06. The fourth-order valence-corrected chi connectivity index (χ4v) is 0.905. The molecule has 1 unspecified atom stereocenters. The fourth-order valence-electron chi connectivity index (χ4n) is 0.905. The molecule has 1 aromatic heterocycles. The lowest BCUT2D eigenvalue weighted by Crippen LogP contribution is -2.05. The summed E-state index contributed by atoms with van der Waals surface area (Å²) in [6.07, 6.45) is -0.356. The second-order valence-corrected chi connectivity index (χ2v) is 2.25. The van der Waals surface area contributed by atoms with Crippen LogP contribution >= 0.6 is 0 Å². The van der Waals surface area contributed by atoms with E-state index < -0.39 is 0 Å². The highest BCUT2D eigenvalue weighted by Gasteiger charge is 2.10. The largest absolute Gasteiger partial charge is 0.494 e. The Morgan fingerprint density at radius 1 is 1.36 bits per heavy atom. The lowest BCUT2D eigenvalue weighted by molar-refractivity contribution is 0.0487. The Morgan fingerprint density at radius 3 is 2.18 bits per heavy atom. The van der Waals surface area contributed by atoms with Crippen LogP contribution in [-0.2, 0) is 4.74 Å². The van der Waals surface area contributed by atoms with E-state index in [1.165, 1.54) is 23.8 Å². The van der Waals surface area contributed by atoms with Gasteiger partial charge in [0.1, 0.15) is 6.23 Å². The van der Waals surface area contributed by atoms with Gasteiger partial charge < -0.3 is 14.9 Å². The van der Waals surface area contributed by atoms with Crippen molar-refractivity contribution in [1.82, 2.24) is 4.57 Å². The van der Waals surface area contributed by atoms with Crippen molar-refractivity contribution in [3.63, 3.8) is 0 Å². The first-order valence-corrected chi connectivity index (χ1v) is 3.28. The van der Waals surface area contributed by atoms with Crippen molar-refractivity contribution in [3.05, 3.63) is 12.1 Å². The molecule has 0 radical (unpaired) electrons. The van der Waals surface area contributed by atoms with Crippen LogP contribution in [-0.4, -0.2) is 21.9 Å². The van der Waals surface area contributed by atoms with Gasteiger partial charge in [0, 0.05) is 19.2 Å². The summed E-state index contributed by atoms with van der Waals surface area (Å²) in [5.74, 6) is -0.00583. The molecule has 0 amide bonds. The van der Waals surface area contributed by atoms with Crippen molar-refractivity contribution in [2.75, 3.05) is 7.11 Å². The van der Waals surface area contributed by atoms with E-state index >= 15 is 0 Å². The Bertz CT molecular complexity index is 224. The highest BCUT2D eigenvalue weighted by molar-refractivity contribution is 5.24. The zero-order valence-electron chi connectivity index (χ0n) is 6.48. The molecule has 0 saturated heterocycles. The first kappa shape index (κ1) is 7.94. The molecule has 2 N–H and O–H groups in total. The number of methoxy groups -OCH3 is 1. The van der Waals surface area contributed by atoms with Gasteiger partial charge in [0.25, 0.3) is 0 Å². The topological polar surface area (TPSA) is 54.6 Å². The van der Waals surface area contributed by atoms with Gasteiger partial charge in [-0.15, -0.1) is 0 Å². The Labute approximate surface area is 64.6 Å². The van der Waals surface area contributed by atoms with Crippen molar-refractivity contribution in [2.45, 2.75) is 13.2 Å². The third kappa shape index (κ3) is 1.30. The molecule has 0 fully saturated rings. The molecule has 1 heterocycles. The van der Waals surface area contributed by atoms with Crippen LogP contribution in [0.5, 0.6) is 11.8 Å². The molecule has 0 bridgehead atoms. The lowest BCUT2D eigenvalue weighted by atomic mass is 10.6. The molecule has 62 valence electrons. The standard InChI is InChI=1S/C7H11NO3/c1-5(11-2)8-6(9)3-4-7(8)10/h3-5,9-10H,1-2H3. The van der Waals surface area contributed by atoms with Crippen LogP contribution in [0.3, 0.4) is 0 Å². The van der Waals surface area contributed by atoms with Crippen LogP contribution in [0.4, 0.5) is 0 Å². The second-order valence-electron chi connectivity index (χ2n) is 2.25. The van der Waals surface area contributed by atoms with Crippen LogP contribution in [0.2, 0.25) is 0 Å². The molecule has 11 heavy (non-hydrogen) atoms. The minimum Gasteiger partial charge on any atom is -0.494 e. The first-order chi connectivity index (χ1) is 5.16. The van der Waals surface area contributed by atoms with Gasteiger partial charge in [0.05, 0.1) is 0 Å². The second kappa shape index (κ2) is 2.84. The van der Waals surface area contributed by atoms with Gasteiger partial charge in [-0.1, -0.05) is 0 Å². The number of rotatable bonds is 2. The summed E-state index contributed by atoms with van der Waals surface area (Å²) in [7, 11) is 1.50. The highest BCUT2D eigenvalue weighted by atomic mass is 16.5. The molecule has 0 aliphatic carbocycles. The Kier molecular flexibility index (Phi) is 2.05. The van der Waals surface area contributed by atoms with Gasteiger partial charge in [0.15, 0.2) is 11.8 Å². The molecule has 4 heteroatoms. The van der Waals surface area contributed by atoms with E-state index in [0.29, 0.717) is 0 Å². The van der Waals surface area contributed by atoms with Crippen molar-refractivity contribution >= 4 is 0 Å². The van der Waals surface area contributed by atoms with Crippen LogP contribution in [0, 0.1) is 0 Å². The number of nitrogens with zero attached hydrogens (tertiary/aromatic N) is 1. The number of hydrogen-bond donors (Lipinski definition) is 2. The maximum atomic E-state index is 9.16. The maximum Gasteiger partial charge on any atom is 0.196 e. The number of aromatic hydroxyl groups is 2. The Hall–Kier alpha value is -1.16. The molecule has 0 saturated carbocycles. The molecule has 0 spiro atoms. The Morgan fingerprint density at radius 2 is 1.82 bits per heavy atom. The van der Waals surface area contributed by atoms with Crippen molar-refractivity contribution in [1.29, 1.82) is 0 Å². The summed E-state index contributed by atoms with van der Waals surface area (Å²) in [6, 6.07) is 2.82. The SMILES string of the molecule is COC(C)n1c(O)ccc1O. The average molecular weight is 157 g/mol. The van der Waals surface area contributed by atoms with E-state index in [2.05, 4.69) is 0 Å². The van der Waals surface area contributed by atoms with Gasteiger partial charge in [0.2, 0.25) is 0 Å². The molecule has 1 rings (SSSR count). The highest BCUT2D eigenvalue weighted by Crippen LogP contribution is 2.26. The van der Waals surface area contributed by atoms with Crippen molar-refractivity contribution < 1.29 is 14.9 Å². The normalized spacial score (nSPS) is 13.3. The summed E-state index contributed by atoms with van der Waals surface area (Å²) in [6.45, 7) is 1.72. The zero-order chi connectivity index (χ0) is 8.43. The van der Waals surface area contributed by atoms with E-state index in [9.17, 15) is 0 Å². The van der Waals surface area contributed by atoms with Crippen LogP contribution in [0.25, 0.3) is 0 Å². The van der Waals surface area contributed by atoms with Crippen molar-refractivity contribution in [2.24, 2.45) is 0 Å². The molecule has 0 aliphatic heterocycles. The summed E-state index contributed by atoms with van der Waals surface area (Å²) < 4.78 is 6.18. The summed E-state index contributed by atoms with van der Waals surface area (Å²) >= 11 is 0. The minimum absolute atomic E-state index is 0.00292. The van der Waals surface area contributed by atoms with Gasteiger partial charge in [-0.25, -0.2) is 0 Å². The van der Waals surface area contributed by atoms with E-state index in [-0.39, 0.29) is 18.0 Å². The van der Waals surface area contributed by atoms with E-state index in [0.717, 1.165) is 0 Å². The summed E-state index contributed by atoms with van der Waals surface area (Å²) in [4.78, 5) is 0. The van der Waals surface area contributed by atoms with Gasteiger partial charge in [-0.3, -0.25) is 4.57 Å². The molecule has 0 aromatic carbocycles. The van der Waals surface area contributed by atoms with Crippen LogP contribution in [0.1, 0.15) is 13.2 Å². The molecular weight excluding hydrogens is 146 g/mol. The van der Waals surface area contributed by atoms with Crippen LogP contribution < -0.4 is 0 Å². The van der Waals surface area contributed by atoms with E-state index in [1.54, 1.807) is 6.92 Å². The average Bonchev–Trinajstić information content (AvgIpc) is 2.30. The van der Waals surface area contributed by atoms with E-state index in [1.807, 2.05) is 0 Å². The fraction of sp³-hybridized carbons (Fsp3) is 0.429. The van der Waals surface area contributed by atoms with E-state index in [4.69, 9.17) is 14.9 Å². The van der Waals surface area contributed by atoms with Crippen molar-refractivity contribution in [3.8, 4) is 11.8 Å². The smallest absolute Gasteiger partial charge is 0.196 e. The lowest BCUT2D eigenvalue weighted by Gasteiger charge is -2.13. The summed E-state index contributed by atoms with van der Waals surface area (Å²) in [5, 5.41) is 18.3. The quantitative estimate of drug-likeness (QED) is 0.675. The maximum absolute atomic E-state index is 9.16. The molecule has 1 atom stereocenters. The van der Waals surface area contributed by atoms with Gasteiger partial charge in [-0.2, -0.15) is 0 Å².